The van der Waals surface area contributed by atoms with Gasteiger partial charge in [-0.1, -0.05) is 12.5 Å². The maximum Gasteiger partial charge on any atom is 0.0423 e. The van der Waals surface area contributed by atoms with Gasteiger partial charge in [-0.15, -0.1) is 6.58 Å². The standard InChI is InChI=1S/C12H25N3/c1-4-8-11(14-13)12(2,3)15-9-6-5-7-10-15/h4,11,14H,1,5-10,13H2,2-3H3. The third-order valence-corrected chi connectivity index (χ3v) is 3.63. The molecule has 1 saturated heterocycles. The molecule has 0 amide bonds. The Kier molecular flexibility index (Phi) is 4.77. The Morgan fingerprint density at radius 2 is 2.00 bits per heavy atom. The van der Waals surface area contributed by atoms with Gasteiger partial charge in [-0.3, -0.25) is 16.2 Å². The van der Waals surface area contributed by atoms with Crippen LogP contribution in [0.15, 0.2) is 12.7 Å². The zero-order chi connectivity index (χ0) is 11.3. The van der Waals surface area contributed by atoms with E-state index in [0.717, 1.165) is 6.42 Å². The molecular formula is C12H25N3. The summed E-state index contributed by atoms with van der Waals surface area (Å²) in [7, 11) is 0. The van der Waals surface area contributed by atoms with Crippen molar-refractivity contribution in [1.82, 2.24) is 10.3 Å². The van der Waals surface area contributed by atoms with E-state index in [2.05, 4.69) is 30.8 Å². The second-order valence-electron chi connectivity index (χ2n) is 4.95. The first-order valence-electron chi connectivity index (χ1n) is 5.95. The maximum atomic E-state index is 5.63. The SMILES string of the molecule is C=CCC(NN)C(C)(C)N1CCCCC1. The molecule has 0 spiro atoms. The minimum atomic E-state index is 0.114. The molecule has 1 atom stereocenters. The summed E-state index contributed by atoms with van der Waals surface area (Å²) in [5.41, 5.74) is 3.04. The van der Waals surface area contributed by atoms with Crippen LogP contribution in [0.1, 0.15) is 39.5 Å². The van der Waals surface area contributed by atoms with E-state index in [1.807, 2.05) is 6.08 Å². The zero-order valence-corrected chi connectivity index (χ0v) is 10.1. The topological polar surface area (TPSA) is 41.3 Å². The van der Waals surface area contributed by atoms with Crippen molar-refractivity contribution < 1.29 is 0 Å². The Morgan fingerprint density at radius 3 is 2.47 bits per heavy atom. The first-order chi connectivity index (χ1) is 7.12. The van der Waals surface area contributed by atoms with Crippen molar-refractivity contribution in [2.75, 3.05) is 13.1 Å². The predicted octanol–water partition coefficient (Wildman–Crippen LogP) is 1.66. The van der Waals surface area contributed by atoms with E-state index in [1.54, 1.807) is 0 Å². The zero-order valence-electron chi connectivity index (χ0n) is 10.1. The molecule has 0 bridgehead atoms. The molecule has 3 heteroatoms. The lowest BCUT2D eigenvalue weighted by atomic mass is 9.88. The van der Waals surface area contributed by atoms with Gasteiger partial charge in [0.15, 0.2) is 0 Å². The molecule has 0 saturated carbocycles. The molecule has 0 aromatic heterocycles. The number of nitrogens with zero attached hydrogens (tertiary/aromatic N) is 1. The van der Waals surface area contributed by atoms with Gasteiger partial charge in [0.05, 0.1) is 0 Å². The summed E-state index contributed by atoms with van der Waals surface area (Å²) in [6, 6.07) is 0.285. The van der Waals surface area contributed by atoms with Crippen molar-refractivity contribution in [2.24, 2.45) is 5.84 Å². The van der Waals surface area contributed by atoms with Crippen molar-refractivity contribution in [2.45, 2.75) is 51.1 Å². The summed E-state index contributed by atoms with van der Waals surface area (Å²) in [6.45, 7) is 10.7. The normalized spacial score (nSPS) is 21.3. The number of hydrazine groups is 1. The van der Waals surface area contributed by atoms with E-state index in [-0.39, 0.29) is 11.6 Å². The highest BCUT2D eigenvalue weighted by Gasteiger charge is 2.34. The molecule has 1 aliphatic heterocycles. The Bertz CT molecular complexity index is 195. The van der Waals surface area contributed by atoms with Gasteiger partial charge in [-0.05, 0) is 46.2 Å². The number of rotatable bonds is 5. The summed E-state index contributed by atoms with van der Waals surface area (Å²) in [6.07, 6.45) is 6.86. The second kappa shape index (κ2) is 5.64. The summed E-state index contributed by atoms with van der Waals surface area (Å²) >= 11 is 0. The van der Waals surface area contributed by atoms with Gasteiger partial charge < -0.3 is 0 Å². The van der Waals surface area contributed by atoms with E-state index in [4.69, 9.17) is 5.84 Å². The van der Waals surface area contributed by atoms with Gasteiger partial charge in [0.1, 0.15) is 0 Å². The molecule has 1 rings (SSSR count). The van der Waals surface area contributed by atoms with Crippen LogP contribution in [0.4, 0.5) is 0 Å². The quantitative estimate of drug-likeness (QED) is 0.413. The highest BCUT2D eigenvalue weighted by Crippen LogP contribution is 2.25. The molecule has 15 heavy (non-hydrogen) atoms. The van der Waals surface area contributed by atoms with Gasteiger partial charge in [0.25, 0.3) is 0 Å². The fourth-order valence-corrected chi connectivity index (χ4v) is 2.42. The number of nitrogens with one attached hydrogen (secondary N) is 1. The van der Waals surface area contributed by atoms with E-state index in [1.165, 1.54) is 32.4 Å². The molecule has 0 radical (unpaired) electrons. The van der Waals surface area contributed by atoms with Crippen molar-refractivity contribution in [3.05, 3.63) is 12.7 Å². The van der Waals surface area contributed by atoms with Crippen LogP contribution in [0.25, 0.3) is 0 Å². The van der Waals surface area contributed by atoms with Gasteiger partial charge >= 0.3 is 0 Å². The fraction of sp³-hybridized carbons (Fsp3) is 0.833. The second-order valence-corrected chi connectivity index (χ2v) is 4.95. The summed E-state index contributed by atoms with van der Waals surface area (Å²) in [5.74, 6) is 5.63. The van der Waals surface area contributed by atoms with Crippen LogP contribution in [-0.4, -0.2) is 29.6 Å². The minimum Gasteiger partial charge on any atom is -0.297 e. The average molecular weight is 211 g/mol. The molecule has 0 aromatic carbocycles. The highest BCUT2D eigenvalue weighted by atomic mass is 15.3. The van der Waals surface area contributed by atoms with Gasteiger partial charge in [-0.25, -0.2) is 0 Å². The van der Waals surface area contributed by atoms with Crippen molar-refractivity contribution in [3.63, 3.8) is 0 Å². The predicted molar refractivity (Wildman–Crippen MR) is 65.4 cm³/mol. The smallest absolute Gasteiger partial charge is 0.0423 e. The lowest BCUT2D eigenvalue weighted by molar-refractivity contribution is 0.0619. The molecule has 1 heterocycles. The van der Waals surface area contributed by atoms with Crippen LogP contribution < -0.4 is 11.3 Å². The van der Waals surface area contributed by atoms with Crippen LogP contribution in [0.5, 0.6) is 0 Å². The van der Waals surface area contributed by atoms with Crippen LogP contribution in [0.2, 0.25) is 0 Å². The lowest BCUT2D eigenvalue weighted by Crippen LogP contribution is -2.60. The molecular weight excluding hydrogens is 186 g/mol. The lowest BCUT2D eigenvalue weighted by Gasteiger charge is -2.45. The largest absolute Gasteiger partial charge is 0.297 e. The molecule has 1 fully saturated rings. The minimum absolute atomic E-state index is 0.114. The fourth-order valence-electron chi connectivity index (χ4n) is 2.42. The maximum absolute atomic E-state index is 5.63. The number of nitrogens with two attached hydrogens (primary N) is 1. The van der Waals surface area contributed by atoms with Crippen molar-refractivity contribution in [3.8, 4) is 0 Å². The van der Waals surface area contributed by atoms with Crippen LogP contribution in [-0.2, 0) is 0 Å². The number of likely N-dealkylation sites (tertiary alicyclic amines) is 1. The first-order valence-corrected chi connectivity index (χ1v) is 5.95. The van der Waals surface area contributed by atoms with Crippen LogP contribution >= 0.6 is 0 Å². The Morgan fingerprint density at radius 1 is 1.40 bits per heavy atom. The third kappa shape index (κ3) is 3.03. The van der Waals surface area contributed by atoms with Gasteiger partial charge in [-0.2, -0.15) is 0 Å². The van der Waals surface area contributed by atoms with Crippen molar-refractivity contribution in [1.29, 1.82) is 0 Å². The van der Waals surface area contributed by atoms with E-state index in [0.29, 0.717) is 0 Å². The van der Waals surface area contributed by atoms with Crippen LogP contribution in [0, 0.1) is 0 Å². The van der Waals surface area contributed by atoms with Gasteiger partial charge in [0, 0.05) is 11.6 Å². The van der Waals surface area contributed by atoms with Crippen LogP contribution in [0.3, 0.4) is 0 Å². The van der Waals surface area contributed by atoms with Crippen molar-refractivity contribution >= 4 is 0 Å². The molecule has 1 unspecified atom stereocenters. The molecule has 0 aliphatic carbocycles. The Balaban J connectivity index is 2.63. The average Bonchev–Trinajstić information content (AvgIpc) is 2.27. The van der Waals surface area contributed by atoms with E-state index >= 15 is 0 Å². The Hall–Kier alpha value is -0.380. The molecule has 88 valence electrons. The molecule has 3 nitrogen and oxygen atoms in total. The summed E-state index contributed by atoms with van der Waals surface area (Å²) in [4.78, 5) is 2.55. The highest BCUT2D eigenvalue weighted by molar-refractivity contribution is 4.96. The number of hydrogen-bond donors (Lipinski definition) is 2. The van der Waals surface area contributed by atoms with E-state index in [9.17, 15) is 0 Å². The third-order valence-electron chi connectivity index (χ3n) is 3.63. The molecule has 3 N–H and O–H groups in total. The van der Waals surface area contributed by atoms with E-state index < -0.39 is 0 Å². The molecule has 1 aliphatic rings. The first kappa shape index (κ1) is 12.7. The summed E-state index contributed by atoms with van der Waals surface area (Å²) in [5, 5.41) is 0. The summed E-state index contributed by atoms with van der Waals surface area (Å²) < 4.78 is 0. The monoisotopic (exact) mass is 211 g/mol. The molecule has 0 aromatic rings. The Labute approximate surface area is 93.7 Å². The van der Waals surface area contributed by atoms with Gasteiger partial charge in [0.2, 0.25) is 0 Å². The number of hydrogen-bond acceptors (Lipinski definition) is 3. The number of piperidine rings is 1.